The van der Waals surface area contributed by atoms with Gasteiger partial charge in [0.2, 0.25) is 5.91 Å². The molecule has 1 saturated heterocycles. The molecule has 0 bridgehead atoms. The number of nitrogens with zero attached hydrogens (tertiary/aromatic N) is 3. The Morgan fingerprint density at radius 1 is 1.27 bits per heavy atom. The molecule has 1 amide bonds. The quantitative estimate of drug-likeness (QED) is 0.800. The van der Waals surface area contributed by atoms with E-state index in [1.54, 1.807) is 23.1 Å². The SMILES string of the molecule is O=C(CSc1nnc(-c2ccccc2F)o1)N1CCOCC1. The second-order valence-electron chi connectivity index (χ2n) is 4.63. The number of amides is 1. The number of hydrogen-bond acceptors (Lipinski definition) is 6. The largest absolute Gasteiger partial charge is 0.411 e. The average Bonchev–Trinajstić information content (AvgIpc) is 3.02. The van der Waals surface area contributed by atoms with E-state index in [-0.39, 0.29) is 28.3 Å². The number of rotatable bonds is 4. The first-order valence-electron chi connectivity index (χ1n) is 6.81. The number of ether oxygens (including phenoxy) is 1. The molecule has 1 aromatic heterocycles. The first-order valence-corrected chi connectivity index (χ1v) is 7.79. The first kappa shape index (κ1) is 15.0. The minimum Gasteiger partial charge on any atom is -0.411 e. The predicted molar refractivity (Wildman–Crippen MR) is 77.8 cm³/mol. The Kier molecular flexibility index (Phi) is 4.69. The van der Waals surface area contributed by atoms with Crippen molar-refractivity contribution in [3.8, 4) is 11.5 Å². The summed E-state index contributed by atoms with van der Waals surface area (Å²) in [7, 11) is 0. The van der Waals surface area contributed by atoms with E-state index in [1.165, 1.54) is 6.07 Å². The van der Waals surface area contributed by atoms with Crippen LogP contribution in [0.1, 0.15) is 0 Å². The molecule has 1 fully saturated rings. The Balaban J connectivity index is 1.60. The Morgan fingerprint density at radius 2 is 2.05 bits per heavy atom. The van der Waals surface area contributed by atoms with Crippen LogP contribution in [-0.4, -0.2) is 53.1 Å². The first-order chi connectivity index (χ1) is 10.7. The lowest BCUT2D eigenvalue weighted by atomic mass is 10.2. The van der Waals surface area contributed by atoms with Gasteiger partial charge in [-0.25, -0.2) is 4.39 Å². The molecule has 22 heavy (non-hydrogen) atoms. The molecule has 6 nitrogen and oxygen atoms in total. The lowest BCUT2D eigenvalue weighted by molar-refractivity contribution is -0.132. The number of benzene rings is 1. The van der Waals surface area contributed by atoms with Crippen LogP contribution in [0.25, 0.3) is 11.5 Å². The van der Waals surface area contributed by atoms with Gasteiger partial charge < -0.3 is 14.1 Å². The smallest absolute Gasteiger partial charge is 0.277 e. The lowest BCUT2D eigenvalue weighted by Gasteiger charge is -2.26. The number of hydrogen-bond donors (Lipinski definition) is 0. The van der Waals surface area contributed by atoms with Crippen molar-refractivity contribution in [2.45, 2.75) is 5.22 Å². The molecule has 0 spiro atoms. The van der Waals surface area contributed by atoms with Crippen LogP contribution < -0.4 is 0 Å². The number of thioether (sulfide) groups is 1. The zero-order valence-corrected chi connectivity index (χ0v) is 12.5. The highest BCUT2D eigenvalue weighted by Gasteiger charge is 2.19. The molecule has 2 heterocycles. The van der Waals surface area contributed by atoms with E-state index in [4.69, 9.17) is 9.15 Å². The van der Waals surface area contributed by atoms with Gasteiger partial charge >= 0.3 is 0 Å². The van der Waals surface area contributed by atoms with Crippen LogP contribution in [0.15, 0.2) is 33.9 Å². The molecule has 116 valence electrons. The van der Waals surface area contributed by atoms with Crippen molar-refractivity contribution < 1.29 is 18.3 Å². The summed E-state index contributed by atoms with van der Waals surface area (Å²) in [6.07, 6.45) is 0. The molecule has 0 N–H and O–H groups in total. The predicted octanol–water partition coefficient (Wildman–Crippen LogP) is 1.83. The van der Waals surface area contributed by atoms with Crippen LogP contribution in [0.5, 0.6) is 0 Å². The maximum absolute atomic E-state index is 13.6. The molecule has 3 rings (SSSR count). The second-order valence-corrected chi connectivity index (χ2v) is 5.56. The van der Waals surface area contributed by atoms with Gasteiger partial charge in [0.05, 0.1) is 24.5 Å². The van der Waals surface area contributed by atoms with Gasteiger partial charge in [-0.05, 0) is 12.1 Å². The summed E-state index contributed by atoms with van der Waals surface area (Å²) in [5, 5.41) is 7.90. The Labute approximate surface area is 130 Å². The van der Waals surface area contributed by atoms with Crippen molar-refractivity contribution in [3.63, 3.8) is 0 Å². The van der Waals surface area contributed by atoms with Crippen molar-refractivity contribution in [2.75, 3.05) is 32.1 Å². The van der Waals surface area contributed by atoms with Gasteiger partial charge in [-0.3, -0.25) is 4.79 Å². The summed E-state index contributed by atoms with van der Waals surface area (Å²) in [6.45, 7) is 2.33. The second kappa shape index (κ2) is 6.89. The zero-order chi connectivity index (χ0) is 15.4. The molecule has 1 aliphatic rings. The summed E-state index contributed by atoms with van der Waals surface area (Å²) in [5.74, 6) is -0.107. The maximum atomic E-state index is 13.6. The molecule has 0 atom stereocenters. The van der Waals surface area contributed by atoms with Gasteiger partial charge in [-0.2, -0.15) is 0 Å². The van der Waals surface area contributed by atoms with E-state index in [2.05, 4.69) is 10.2 Å². The highest BCUT2D eigenvalue weighted by atomic mass is 32.2. The Morgan fingerprint density at radius 3 is 2.82 bits per heavy atom. The van der Waals surface area contributed by atoms with Crippen LogP contribution in [-0.2, 0) is 9.53 Å². The van der Waals surface area contributed by atoms with Crippen LogP contribution in [0.3, 0.4) is 0 Å². The van der Waals surface area contributed by atoms with Crippen LogP contribution in [0, 0.1) is 5.82 Å². The van der Waals surface area contributed by atoms with E-state index < -0.39 is 5.82 Å². The van der Waals surface area contributed by atoms with Gasteiger partial charge in [-0.15, -0.1) is 10.2 Å². The number of morpholine rings is 1. The summed E-state index contributed by atoms with van der Waals surface area (Å²) >= 11 is 1.15. The maximum Gasteiger partial charge on any atom is 0.277 e. The van der Waals surface area contributed by atoms with Gasteiger partial charge in [0, 0.05) is 13.1 Å². The Bertz CT molecular complexity index is 658. The minimum absolute atomic E-state index is 0.000980. The summed E-state index contributed by atoms with van der Waals surface area (Å²) < 4.78 is 24.2. The summed E-state index contributed by atoms with van der Waals surface area (Å²) in [5.41, 5.74) is 0.251. The van der Waals surface area contributed by atoms with Crippen molar-refractivity contribution in [1.29, 1.82) is 0 Å². The minimum atomic E-state index is -0.424. The zero-order valence-electron chi connectivity index (χ0n) is 11.7. The molecule has 2 aromatic rings. The molecule has 0 unspecified atom stereocenters. The van der Waals surface area contributed by atoms with E-state index >= 15 is 0 Å². The van der Waals surface area contributed by atoms with E-state index in [0.29, 0.717) is 26.3 Å². The van der Waals surface area contributed by atoms with Crippen LogP contribution in [0.2, 0.25) is 0 Å². The third-order valence-electron chi connectivity index (χ3n) is 3.19. The molecule has 1 aromatic carbocycles. The normalized spacial score (nSPS) is 15.0. The molecule has 8 heteroatoms. The third kappa shape index (κ3) is 3.45. The molecular formula is C14H14FN3O3S. The van der Waals surface area contributed by atoms with Gasteiger partial charge in [0.15, 0.2) is 0 Å². The van der Waals surface area contributed by atoms with Crippen LogP contribution >= 0.6 is 11.8 Å². The van der Waals surface area contributed by atoms with E-state index in [1.807, 2.05) is 0 Å². The highest BCUT2D eigenvalue weighted by molar-refractivity contribution is 7.99. The van der Waals surface area contributed by atoms with Crippen molar-refractivity contribution >= 4 is 17.7 Å². The summed E-state index contributed by atoms with van der Waals surface area (Å²) in [6, 6.07) is 6.17. The molecule has 0 aliphatic carbocycles. The number of carbonyl (C=O) groups excluding carboxylic acids is 1. The topological polar surface area (TPSA) is 68.5 Å². The fourth-order valence-electron chi connectivity index (χ4n) is 2.04. The standard InChI is InChI=1S/C14H14FN3O3S/c15-11-4-2-1-3-10(11)13-16-17-14(21-13)22-9-12(19)18-5-7-20-8-6-18/h1-4H,5-9H2. The average molecular weight is 323 g/mol. The third-order valence-corrected chi connectivity index (χ3v) is 4.00. The number of halogens is 1. The number of carbonyl (C=O) groups is 1. The fourth-order valence-corrected chi connectivity index (χ4v) is 2.71. The Hall–Kier alpha value is -1.93. The van der Waals surface area contributed by atoms with Gasteiger partial charge in [-0.1, -0.05) is 23.9 Å². The van der Waals surface area contributed by atoms with E-state index in [0.717, 1.165) is 11.8 Å². The fraction of sp³-hybridized carbons (Fsp3) is 0.357. The monoisotopic (exact) mass is 323 g/mol. The molecule has 0 radical (unpaired) electrons. The highest BCUT2D eigenvalue weighted by Crippen LogP contribution is 2.25. The summed E-state index contributed by atoms with van der Waals surface area (Å²) in [4.78, 5) is 13.7. The van der Waals surface area contributed by atoms with Gasteiger partial charge in [0.25, 0.3) is 11.1 Å². The van der Waals surface area contributed by atoms with Crippen LogP contribution in [0.4, 0.5) is 4.39 Å². The molecular weight excluding hydrogens is 309 g/mol. The van der Waals surface area contributed by atoms with Crippen molar-refractivity contribution in [1.82, 2.24) is 15.1 Å². The molecule has 0 saturated carbocycles. The molecule has 1 aliphatic heterocycles. The van der Waals surface area contributed by atoms with Crippen molar-refractivity contribution in [2.24, 2.45) is 0 Å². The van der Waals surface area contributed by atoms with Crippen molar-refractivity contribution in [3.05, 3.63) is 30.1 Å². The van der Waals surface area contributed by atoms with E-state index in [9.17, 15) is 9.18 Å². The van der Waals surface area contributed by atoms with Gasteiger partial charge in [0.1, 0.15) is 5.82 Å². The lowest BCUT2D eigenvalue weighted by Crippen LogP contribution is -2.41. The number of aromatic nitrogens is 2.